The highest BCUT2D eigenvalue weighted by Gasteiger charge is 2.47. The number of anilines is 2. The molecule has 42 heavy (non-hydrogen) atoms. The summed E-state index contributed by atoms with van der Waals surface area (Å²) in [5.41, 5.74) is 8.10. The molecular formula is C30H35N9O3. The Kier molecular flexibility index (Phi) is 6.99. The predicted molar refractivity (Wildman–Crippen MR) is 156 cm³/mol. The fraction of sp³-hybridized carbons (Fsp3) is 0.433. The molecule has 12 nitrogen and oxygen atoms in total. The van der Waals surface area contributed by atoms with Gasteiger partial charge >= 0.3 is 6.09 Å². The van der Waals surface area contributed by atoms with Crippen molar-refractivity contribution >= 4 is 17.7 Å². The van der Waals surface area contributed by atoms with Crippen molar-refractivity contribution in [3.05, 3.63) is 60.4 Å². The van der Waals surface area contributed by atoms with Gasteiger partial charge in [-0.15, -0.1) is 0 Å². The van der Waals surface area contributed by atoms with Gasteiger partial charge in [0.1, 0.15) is 22.9 Å². The Morgan fingerprint density at radius 1 is 0.905 bits per heavy atom. The first-order chi connectivity index (χ1) is 20.1. The van der Waals surface area contributed by atoms with Gasteiger partial charge in [0.2, 0.25) is 0 Å². The number of nitrogens with zero attached hydrogens (tertiary/aromatic N) is 8. The van der Waals surface area contributed by atoms with E-state index >= 15 is 0 Å². The van der Waals surface area contributed by atoms with Crippen molar-refractivity contribution in [3.8, 4) is 22.8 Å². The molecule has 218 valence electrons. The van der Waals surface area contributed by atoms with Crippen LogP contribution in [0.25, 0.3) is 22.8 Å². The number of nitrogens with two attached hydrogens (primary N) is 1. The third kappa shape index (κ3) is 5.61. The second-order valence-electron chi connectivity index (χ2n) is 12.0. The molecule has 1 saturated carbocycles. The van der Waals surface area contributed by atoms with Crippen LogP contribution in [0.3, 0.4) is 0 Å². The lowest BCUT2D eigenvalue weighted by Crippen LogP contribution is -2.50. The van der Waals surface area contributed by atoms with Gasteiger partial charge in [-0.05, 0) is 52.0 Å². The summed E-state index contributed by atoms with van der Waals surface area (Å²) in [5.74, 6) is 2.50. The number of amides is 1. The van der Waals surface area contributed by atoms with E-state index in [2.05, 4.69) is 49.0 Å². The molecule has 4 heterocycles. The number of carbonyl (C=O) groups excluding carboxylic acids is 1. The second-order valence-corrected chi connectivity index (χ2v) is 12.0. The van der Waals surface area contributed by atoms with Crippen LogP contribution in [0.4, 0.5) is 16.4 Å². The molecule has 4 aromatic rings. The summed E-state index contributed by atoms with van der Waals surface area (Å²) in [4.78, 5) is 38.7. The Labute approximate surface area is 244 Å². The van der Waals surface area contributed by atoms with E-state index in [9.17, 15) is 4.79 Å². The van der Waals surface area contributed by atoms with E-state index in [-0.39, 0.29) is 6.09 Å². The van der Waals surface area contributed by atoms with Crippen molar-refractivity contribution in [3.63, 3.8) is 0 Å². The SMILES string of the molecule is CC(C)(C)OC(=O)N1CCN(c2cnc(-c3nc([C@](C)(c4ccc(-c5cnc(N)cn5)cc4)C4CC4)no3)cn2)CC1. The second kappa shape index (κ2) is 10.7. The molecule has 2 N–H and O–H groups in total. The molecule has 2 fully saturated rings. The van der Waals surface area contributed by atoms with E-state index in [4.69, 9.17) is 20.0 Å². The Morgan fingerprint density at radius 3 is 2.19 bits per heavy atom. The zero-order valence-corrected chi connectivity index (χ0v) is 24.3. The van der Waals surface area contributed by atoms with Gasteiger partial charge in [-0.3, -0.25) is 4.98 Å². The van der Waals surface area contributed by atoms with Crippen LogP contribution < -0.4 is 10.6 Å². The molecule has 1 amide bonds. The average Bonchev–Trinajstić information content (AvgIpc) is 3.73. The first kappa shape index (κ1) is 27.6. The molecule has 0 bridgehead atoms. The maximum absolute atomic E-state index is 12.4. The summed E-state index contributed by atoms with van der Waals surface area (Å²) in [7, 11) is 0. The fourth-order valence-corrected chi connectivity index (χ4v) is 5.26. The lowest BCUT2D eigenvalue weighted by molar-refractivity contribution is 0.0240. The first-order valence-electron chi connectivity index (χ1n) is 14.2. The highest BCUT2D eigenvalue weighted by molar-refractivity contribution is 5.68. The number of rotatable bonds is 6. The van der Waals surface area contributed by atoms with E-state index in [1.165, 1.54) is 0 Å². The Bertz CT molecular complexity index is 1540. The molecule has 0 unspecified atom stereocenters. The molecule has 1 atom stereocenters. The van der Waals surface area contributed by atoms with Gasteiger partial charge in [0.15, 0.2) is 5.82 Å². The molecule has 2 aliphatic rings. The largest absolute Gasteiger partial charge is 0.444 e. The monoisotopic (exact) mass is 569 g/mol. The fourth-order valence-electron chi connectivity index (χ4n) is 5.26. The molecule has 6 rings (SSSR count). The minimum absolute atomic E-state index is 0.291. The van der Waals surface area contributed by atoms with Crippen molar-refractivity contribution < 1.29 is 14.1 Å². The van der Waals surface area contributed by atoms with Crippen molar-refractivity contribution in [2.45, 2.75) is 51.6 Å². The molecule has 3 aromatic heterocycles. The third-order valence-corrected chi connectivity index (χ3v) is 7.85. The number of carbonyl (C=O) groups is 1. The standard InChI is InChI=1S/C30H35N9O3/c1-29(2,3)41-28(40)39-13-11-38(12-14-39)25-18-33-23(16-35-25)26-36-27(37-42-26)30(4,21-9-10-21)20-7-5-19(6-8-20)22-15-34-24(31)17-32-22/h5-8,15-18,21H,9-14H2,1-4H3,(H2,31,34)/t30-/m1/s1. The molecule has 0 radical (unpaired) electrons. The zero-order valence-electron chi connectivity index (χ0n) is 24.3. The molecule has 12 heteroatoms. The number of piperazine rings is 1. The highest BCUT2D eigenvalue weighted by Crippen LogP contribution is 2.50. The normalized spacial score (nSPS) is 17.1. The molecule has 1 aliphatic carbocycles. The summed E-state index contributed by atoms with van der Waals surface area (Å²) in [6.45, 7) is 10.2. The van der Waals surface area contributed by atoms with Crippen LogP contribution in [0.2, 0.25) is 0 Å². The van der Waals surface area contributed by atoms with Crippen LogP contribution in [-0.2, 0) is 10.2 Å². The zero-order chi connectivity index (χ0) is 29.5. The van der Waals surface area contributed by atoms with Gasteiger partial charge in [-0.25, -0.2) is 19.7 Å². The van der Waals surface area contributed by atoms with Crippen molar-refractivity contribution in [2.24, 2.45) is 5.92 Å². The van der Waals surface area contributed by atoms with Gasteiger partial charge in [-0.1, -0.05) is 29.4 Å². The van der Waals surface area contributed by atoms with Gasteiger partial charge in [-0.2, -0.15) is 4.98 Å². The van der Waals surface area contributed by atoms with E-state index in [0.29, 0.717) is 55.3 Å². The summed E-state index contributed by atoms with van der Waals surface area (Å²) in [5, 5.41) is 4.41. The summed E-state index contributed by atoms with van der Waals surface area (Å²) in [6, 6.07) is 8.27. The maximum Gasteiger partial charge on any atom is 0.410 e. The van der Waals surface area contributed by atoms with Crippen molar-refractivity contribution in [1.29, 1.82) is 0 Å². The summed E-state index contributed by atoms with van der Waals surface area (Å²) >= 11 is 0. The van der Waals surface area contributed by atoms with Crippen LogP contribution in [0, 0.1) is 5.92 Å². The molecule has 0 spiro atoms. The Hall–Kier alpha value is -4.61. The van der Waals surface area contributed by atoms with Crippen molar-refractivity contribution in [1.82, 2.24) is 35.0 Å². The smallest absolute Gasteiger partial charge is 0.410 e. The maximum atomic E-state index is 12.4. The molecule has 1 saturated heterocycles. The minimum Gasteiger partial charge on any atom is -0.444 e. The van der Waals surface area contributed by atoms with Crippen LogP contribution in [0.1, 0.15) is 51.9 Å². The highest BCUT2D eigenvalue weighted by atomic mass is 16.6. The molecule has 1 aromatic carbocycles. The van der Waals surface area contributed by atoms with Crippen LogP contribution in [0.5, 0.6) is 0 Å². The molecule has 1 aliphatic heterocycles. The third-order valence-electron chi connectivity index (χ3n) is 7.85. The topological polar surface area (TPSA) is 149 Å². The Balaban J connectivity index is 1.15. The number of nitrogen functional groups attached to an aromatic ring is 1. The number of hydrogen-bond donors (Lipinski definition) is 1. The minimum atomic E-state index is -0.515. The molecular weight excluding hydrogens is 534 g/mol. The van der Waals surface area contributed by atoms with E-state index < -0.39 is 11.0 Å². The first-order valence-corrected chi connectivity index (χ1v) is 14.2. The average molecular weight is 570 g/mol. The van der Waals surface area contributed by atoms with Gasteiger partial charge in [0.05, 0.1) is 35.9 Å². The quantitative estimate of drug-likeness (QED) is 0.353. The van der Waals surface area contributed by atoms with Gasteiger partial charge in [0.25, 0.3) is 5.89 Å². The van der Waals surface area contributed by atoms with Crippen LogP contribution >= 0.6 is 0 Å². The van der Waals surface area contributed by atoms with Crippen LogP contribution in [0.15, 0.2) is 53.6 Å². The number of hydrogen-bond acceptors (Lipinski definition) is 11. The lowest BCUT2D eigenvalue weighted by Gasteiger charge is -2.36. The van der Waals surface area contributed by atoms with E-state index in [1.54, 1.807) is 29.7 Å². The van der Waals surface area contributed by atoms with Crippen molar-refractivity contribution in [2.75, 3.05) is 36.8 Å². The number of benzene rings is 1. The van der Waals surface area contributed by atoms with E-state index in [1.807, 2.05) is 32.9 Å². The van der Waals surface area contributed by atoms with Gasteiger partial charge < -0.3 is 24.8 Å². The predicted octanol–water partition coefficient (Wildman–Crippen LogP) is 4.34. The van der Waals surface area contributed by atoms with Gasteiger partial charge in [0, 0.05) is 31.7 Å². The Morgan fingerprint density at radius 2 is 1.60 bits per heavy atom. The summed E-state index contributed by atoms with van der Waals surface area (Å²) in [6.07, 6.45) is 8.50. The summed E-state index contributed by atoms with van der Waals surface area (Å²) < 4.78 is 11.2. The number of ether oxygens (including phenoxy) is 1. The van der Waals surface area contributed by atoms with E-state index in [0.717, 1.165) is 35.5 Å². The lowest BCUT2D eigenvalue weighted by atomic mass is 9.77. The number of aromatic nitrogens is 6. The van der Waals surface area contributed by atoms with Crippen LogP contribution in [-0.4, -0.2) is 72.8 Å².